The average molecular weight is 270 g/mol. The maximum Gasteiger partial charge on any atom is 0.0797 e. The summed E-state index contributed by atoms with van der Waals surface area (Å²) in [5, 5.41) is 3.45. The minimum atomic E-state index is 0.339. The van der Waals surface area contributed by atoms with Gasteiger partial charge in [-0.25, -0.2) is 4.98 Å². The number of hydrogen-bond acceptors (Lipinski definition) is 4. The zero-order valence-electron chi connectivity index (χ0n) is 12.0. The molecule has 0 saturated heterocycles. The highest BCUT2D eigenvalue weighted by Gasteiger charge is 2.09. The van der Waals surface area contributed by atoms with Gasteiger partial charge in [0, 0.05) is 23.9 Å². The van der Waals surface area contributed by atoms with Crippen molar-refractivity contribution >= 4 is 11.3 Å². The second kappa shape index (κ2) is 8.62. The first-order chi connectivity index (χ1) is 8.63. The van der Waals surface area contributed by atoms with Crippen molar-refractivity contribution in [1.82, 2.24) is 10.3 Å². The second-order valence-corrected chi connectivity index (χ2v) is 5.89. The number of ether oxygens (including phenoxy) is 1. The van der Waals surface area contributed by atoms with Crippen LogP contribution in [0.2, 0.25) is 0 Å². The van der Waals surface area contributed by atoms with E-state index in [-0.39, 0.29) is 0 Å². The molecule has 4 heteroatoms. The van der Waals surface area contributed by atoms with E-state index in [9.17, 15) is 0 Å². The van der Waals surface area contributed by atoms with E-state index < -0.39 is 0 Å². The zero-order valence-corrected chi connectivity index (χ0v) is 12.8. The first kappa shape index (κ1) is 15.6. The Labute approximate surface area is 115 Å². The van der Waals surface area contributed by atoms with E-state index in [1.54, 1.807) is 11.3 Å². The summed E-state index contributed by atoms with van der Waals surface area (Å²) in [6.07, 6.45) is 3.62. The lowest BCUT2D eigenvalue weighted by molar-refractivity contribution is 0.0480. The monoisotopic (exact) mass is 270 g/mol. The first-order valence-corrected chi connectivity index (χ1v) is 7.75. The third kappa shape index (κ3) is 5.94. The Bertz CT molecular complexity index is 325. The summed E-state index contributed by atoms with van der Waals surface area (Å²) in [5.74, 6) is 0. The molecule has 1 aromatic heterocycles. The van der Waals surface area contributed by atoms with Gasteiger partial charge in [0.1, 0.15) is 0 Å². The van der Waals surface area contributed by atoms with E-state index >= 15 is 0 Å². The highest BCUT2D eigenvalue weighted by atomic mass is 32.1. The summed E-state index contributed by atoms with van der Waals surface area (Å²) < 4.78 is 5.98. The first-order valence-electron chi connectivity index (χ1n) is 6.87. The molecule has 1 aromatic rings. The lowest BCUT2D eigenvalue weighted by Gasteiger charge is -2.19. The Hall–Kier alpha value is -0.450. The summed E-state index contributed by atoms with van der Waals surface area (Å²) in [7, 11) is 0. The number of nitrogens with zero attached hydrogens (tertiary/aromatic N) is 1. The number of aryl methyl sites for hydroxylation is 1. The van der Waals surface area contributed by atoms with Crippen LogP contribution in [0.25, 0.3) is 0 Å². The van der Waals surface area contributed by atoms with Crippen LogP contribution in [0.3, 0.4) is 0 Å². The number of nitrogens with one attached hydrogen (secondary N) is 1. The van der Waals surface area contributed by atoms with Crippen LogP contribution in [-0.2, 0) is 11.2 Å². The van der Waals surface area contributed by atoms with Crippen molar-refractivity contribution in [2.24, 2.45) is 0 Å². The molecule has 3 nitrogen and oxygen atoms in total. The van der Waals surface area contributed by atoms with Gasteiger partial charge in [0.25, 0.3) is 0 Å². The van der Waals surface area contributed by atoms with Crippen LogP contribution in [0.1, 0.15) is 44.2 Å². The van der Waals surface area contributed by atoms with Crippen molar-refractivity contribution in [2.75, 3.05) is 13.2 Å². The van der Waals surface area contributed by atoms with Gasteiger partial charge in [0.2, 0.25) is 0 Å². The van der Waals surface area contributed by atoms with Gasteiger partial charge in [-0.05, 0) is 13.3 Å². The van der Waals surface area contributed by atoms with Crippen molar-refractivity contribution in [3.05, 3.63) is 16.1 Å². The highest BCUT2D eigenvalue weighted by molar-refractivity contribution is 7.09. The van der Waals surface area contributed by atoms with Gasteiger partial charge in [-0.15, -0.1) is 11.3 Å². The van der Waals surface area contributed by atoms with Crippen LogP contribution in [0.4, 0.5) is 0 Å². The number of aromatic nitrogens is 1. The quantitative estimate of drug-likeness (QED) is 0.748. The standard InChI is InChI=1S/C14H26N2OS/c1-5-6-13(9-15-11(2)3)17-8-7-14-12(4)16-10-18-14/h10-11,13,15H,5-9H2,1-4H3. The Kier molecular flexibility index (Phi) is 7.47. The zero-order chi connectivity index (χ0) is 13.4. The minimum absolute atomic E-state index is 0.339. The van der Waals surface area contributed by atoms with Crippen LogP contribution in [-0.4, -0.2) is 30.3 Å². The molecule has 104 valence electrons. The molecule has 0 bridgehead atoms. The van der Waals surface area contributed by atoms with E-state index in [1.165, 1.54) is 11.3 Å². The van der Waals surface area contributed by atoms with Crippen molar-refractivity contribution in [3.8, 4) is 0 Å². The fraction of sp³-hybridized carbons (Fsp3) is 0.786. The molecular weight excluding hydrogens is 244 g/mol. The SMILES string of the molecule is CCCC(CNC(C)C)OCCc1scnc1C. The molecule has 0 aliphatic heterocycles. The highest BCUT2D eigenvalue weighted by Crippen LogP contribution is 2.13. The molecule has 0 radical (unpaired) electrons. The topological polar surface area (TPSA) is 34.1 Å². The molecule has 1 atom stereocenters. The molecule has 1 rings (SSSR count). The summed E-state index contributed by atoms with van der Waals surface area (Å²) in [4.78, 5) is 5.61. The second-order valence-electron chi connectivity index (χ2n) is 4.96. The summed E-state index contributed by atoms with van der Waals surface area (Å²) in [6.45, 7) is 10.4. The van der Waals surface area contributed by atoms with E-state index in [1.807, 2.05) is 5.51 Å². The summed E-state index contributed by atoms with van der Waals surface area (Å²) in [6, 6.07) is 0.525. The molecule has 1 unspecified atom stereocenters. The van der Waals surface area contributed by atoms with Gasteiger partial charge in [-0.2, -0.15) is 0 Å². The van der Waals surface area contributed by atoms with E-state index in [2.05, 4.69) is 38.0 Å². The summed E-state index contributed by atoms with van der Waals surface area (Å²) >= 11 is 1.73. The molecule has 18 heavy (non-hydrogen) atoms. The largest absolute Gasteiger partial charge is 0.377 e. The van der Waals surface area contributed by atoms with Gasteiger partial charge in [-0.1, -0.05) is 27.2 Å². The Balaban J connectivity index is 2.26. The maximum absolute atomic E-state index is 5.98. The molecule has 0 amide bonds. The maximum atomic E-state index is 5.98. The lowest BCUT2D eigenvalue weighted by atomic mass is 10.2. The molecule has 0 saturated carbocycles. The predicted octanol–water partition coefficient (Wildman–Crippen LogP) is 3.18. The van der Waals surface area contributed by atoms with Gasteiger partial charge >= 0.3 is 0 Å². The molecular formula is C14H26N2OS. The molecule has 1 heterocycles. The van der Waals surface area contributed by atoms with E-state index in [0.717, 1.165) is 31.7 Å². The lowest BCUT2D eigenvalue weighted by Crippen LogP contribution is -2.33. The van der Waals surface area contributed by atoms with Crippen LogP contribution in [0.5, 0.6) is 0 Å². The van der Waals surface area contributed by atoms with E-state index in [0.29, 0.717) is 12.1 Å². The van der Waals surface area contributed by atoms with Crippen molar-refractivity contribution in [3.63, 3.8) is 0 Å². The third-order valence-corrected chi connectivity index (χ3v) is 3.89. The van der Waals surface area contributed by atoms with E-state index in [4.69, 9.17) is 4.74 Å². The van der Waals surface area contributed by atoms with Gasteiger partial charge in [0.05, 0.1) is 23.9 Å². The van der Waals surface area contributed by atoms with Crippen LogP contribution in [0.15, 0.2) is 5.51 Å². The Morgan fingerprint density at radius 2 is 2.22 bits per heavy atom. The Morgan fingerprint density at radius 1 is 1.44 bits per heavy atom. The molecule has 0 spiro atoms. The molecule has 0 aliphatic rings. The average Bonchev–Trinajstić information content (AvgIpc) is 2.72. The summed E-state index contributed by atoms with van der Waals surface area (Å²) in [5.41, 5.74) is 3.06. The van der Waals surface area contributed by atoms with Crippen molar-refractivity contribution < 1.29 is 4.74 Å². The molecule has 0 fully saturated rings. The smallest absolute Gasteiger partial charge is 0.0797 e. The molecule has 0 aromatic carbocycles. The Morgan fingerprint density at radius 3 is 2.78 bits per heavy atom. The number of hydrogen-bond donors (Lipinski definition) is 1. The van der Waals surface area contributed by atoms with Crippen LogP contribution >= 0.6 is 11.3 Å². The van der Waals surface area contributed by atoms with Gasteiger partial charge in [0.15, 0.2) is 0 Å². The van der Waals surface area contributed by atoms with Crippen molar-refractivity contribution in [1.29, 1.82) is 0 Å². The number of thiazole rings is 1. The minimum Gasteiger partial charge on any atom is -0.377 e. The van der Waals surface area contributed by atoms with Crippen LogP contribution < -0.4 is 5.32 Å². The third-order valence-electron chi connectivity index (χ3n) is 2.89. The molecule has 0 aliphatic carbocycles. The van der Waals surface area contributed by atoms with Gasteiger partial charge in [-0.3, -0.25) is 0 Å². The fourth-order valence-electron chi connectivity index (χ4n) is 1.82. The van der Waals surface area contributed by atoms with Gasteiger partial charge < -0.3 is 10.1 Å². The van der Waals surface area contributed by atoms with Crippen LogP contribution in [0, 0.1) is 6.92 Å². The normalized spacial score (nSPS) is 13.2. The van der Waals surface area contributed by atoms with Crippen molar-refractivity contribution in [2.45, 2.75) is 59.1 Å². The predicted molar refractivity (Wildman–Crippen MR) is 78.3 cm³/mol. The molecule has 1 N–H and O–H groups in total. The number of rotatable bonds is 9. The fourth-order valence-corrected chi connectivity index (χ4v) is 2.58.